The molecule has 0 radical (unpaired) electrons. The molecule has 4 rings (SSSR count). The van der Waals surface area contributed by atoms with E-state index in [0.29, 0.717) is 34.1 Å². The molecule has 0 aliphatic rings. The normalized spacial score (nSPS) is 11.0. The summed E-state index contributed by atoms with van der Waals surface area (Å²) < 4.78 is 6.33. The highest BCUT2D eigenvalue weighted by molar-refractivity contribution is 6.07. The lowest BCUT2D eigenvalue weighted by molar-refractivity contribution is -0.114. The number of imidazole rings is 1. The molecule has 37 heavy (non-hydrogen) atoms. The standard InChI is InChI=1S/C25H26N8O4/c1-16(34)27-18-10-21(31(3)13-18)25(37)29-19-11-22(32(4)14-19)24(36)28-17-9-20(30(2)12-17)5-6-23(35)33-8-7-26-15-33/h5-15H,1-4H3,(H,27,34)(H,28,36)(H,29,37)/b6-5+. The highest BCUT2D eigenvalue weighted by Gasteiger charge is 2.17. The molecule has 0 aliphatic carbocycles. The number of rotatable bonds is 7. The van der Waals surface area contributed by atoms with Gasteiger partial charge in [0.1, 0.15) is 17.7 Å². The van der Waals surface area contributed by atoms with Crippen LogP contribution in [0.25, 0.3) is 6.08 Å². The van der Waals surface area contributed by atoms with Crippen LogP contribution in [0.3, 0.4) is 0 Å². The van der Waals surface area contributed by atoms with E-state index >= 15 is 0 Å². The Labute approximate surface area is 212 Å². The number of carbonyl (C=O) groups is 4. The van der Waals surface area contributed by atoms with E-state index in [4.69, 9.17) is 0 Å². The Balaban J connectivity index is 1.42. The number of carbonyl (C=O) groups excluding carboxylic acids is 4. The summed E-state index contributed by atoms with van der Waals surface area (Å²) in [6, 6.07) is 4.87. The largest absolute Gasteiger partial charge is 0.349 e. The number of nitrogens with zero attached hydrogens (tertiary/aromatic N) is 5. The predicted molar refractivity (Wildman–Crippen MR) is 138 cm³/mol. The number of aromatic nitrogens is 5. The van der Waals surface area contributed by atoms with Crippen molar-refractivity contribution in [3.63, 3.8) is 0 Å². The molecule has 0 saturated carbocycles. The number of allylic oxidation sites excluding steroid dienone is 1. The minimum Gasteiger partial charge on any atom is -0.349 e. The van der Waals surface area contributed by atoms with Crippen molar-refractivity contribution in [2.24, 2.45) is 21.1 Å². The fraction of sp³-hybridized carbons (Fsp3) is 0.160. The lowest BCUT2D eigenvalue weighted by Crippen LogP contribution is -2.15. The second-order valence-corrected chi connectivity index (χ2v) is 8.45. The van der Waals surface area contributed by atoms with Crippen LogP contribution in [0.15, 0.2) is 61.6 Å². The molecule has 0 unspecified atom stereocenters. The number of hydrogen-bond acceptors (Lipinski definition) is 5. The maximum atomic E-state index is 12.9. The molecule has 0 aromatic carbocycles. The van der Waals surface area contributed by atoms with Crippen LogP contribution in [0.1, 0.15) is 38.4 Å². The van der Waals surface area contributed by atoms with Crippen LogP contribution in [-0.4, -0.2) is 46.9 Å². The Kier molecular flexibility index (Phi) is 6.91. The Morgan fingerprint density at radius 3 is 1.86 bits per heavy atom. The van der Waals surface area contributed by atoms with Gasteiger partial charge in [0.15, 0.2) is 0 Å². The van der Waals surface area contributed by atoms with Crippen LogP contribution in [0.2, 0.25) is 0 Å². The molecular weight excluding hydrogens is 476 g/mol. The van der Waals surface area contributed by atoms with E-state index in [-0.39, 0.29) is 23.6 Å². The zero-order valence-corrected chi connectivity index (χ0v) is 20.7. The maximum absolute atomic E-state index is 12.9. The lowest BCUT2D eigenvalue weighted by Gasteiger charge is -2.03. The molecule has 12 heteroatoms. The fourth-order valence-corrected chi connectivity index (χ4v) is 3.76. The van der Waals surface area contributed by atoms with Gasteiger partial charge in [0.2, 0.25) is 5.91 Å². The minimum absolute atomic E-state index is 0.235. The van der Waals surface area contributed by atoms with E-state index in [1.165, 1.54) is 30.1 Å². The van der Waals surface area contributed by atoms with Crippen molar-refractivity contribution in [2.45, 2.75) is 6.92 Å². The molecule has 0 saturated heterocycles. The molecule has 0 aliphatic heterocycles. The van der Waals surface area contributed by atoms with Crippen LogP contribution in [0.4, 0.5) is 17.1 Å². The minimum atomic E-state index is -0.388. The van der Waals surface area contributed by atoms with Crippen molar-refractivity contribution in [3.05, 3.63) is 78.7 Å². The van der Waals surface area contributed by atoms with E-state index in [1.807, 2.05) is 0 Å². The number of anilines is 3. The summed E-state index contributed by atoms with van der Waals surface area (Å²) in [5, 5.41) is 8.24. The molecular formula is C25H26N8O4. The lowest BCUT2D eigenvalue weighted by atomic mass is 10.3. The van der Waals surface area contributed by atoms with E-state index in [0.717, 1.165) is 0 Å². The molecule has 0 fully saturated rings. The first-order chi connectivity index (χ1) is 17.6. The number of amides is 3. The quantitative estimate of drug-likeness (QED) is 0.334. The van der Waals surface area contributed by atoms with Crippen LogP contribution >= 0.6 is 0 Å². The van der Waals surface area contributed by atoms with Gasteiger partial charge in [0, 0.05) is 70.8 Å². The second-order valence-electron chi connectivity index (χ2n) is 8.45. The fourth-order valence-electron chi connectivity index (χ4n) is 3.76. The summed E-state index contributed by atoms with van der Waals surface area (Å²) >= 11 is 0. The summed E-state index contributed by atoms with van der Waals surface area (Å²) in [5.41, 5.74) is 2.88. The van der Waals surface area contributed by atoms with E-state index in [2.05, 4.69) is 20.9 Å². The van der Waals surface area contributed by atoms with Crippen molar-refractivity contribution >= 4 is 46.8 Å². The van der Waals surface area contributed by atoms with Gasteiger partial charge in [-0.25, -0.2) is 4.98 Å². The van der Waals surface area contributed by atoms with E-state index in [1.54, 1.807) is 83.9 Å². The van der Waals surface area contributed by atoms with Crippen molar-refractivity contribution in [1.29, 1.82) is 0 Å². The van der Waals surface area contributed by atoms with Gasteiger partial charge in [0.25, 0.3) is 17.7 Å². The molecule has 3 amide bonds. The number of hydrogen-bond donors (Lipinski definition) is 3. The van der Waals surface area contributed by atoms with Crippen LogP contribution < -0.4 is 16.0 Å². The molecule has 0 bridgehead atoms. The third kappa shape index (κ3) is 5.75. The average Bonchev–Trinajstić information content (AvgIpc) is 3.60. The van der Waals surface area contributed by atoms with Gasteiger partial charge < -0.3 is 29.7 Å². The van der Waals surface area contributed by atoms with Crippen LogP contribution in [-0.2, 0) is 25.9 Å². The zero-order valence-electron chi connectivity index (χ0n) is 20.7. The molecule has 12 nitrogen and oxygen atoms in total. The van der Waals surface area contributed by atoms with Crippen molar-refractivity contribution in [2.75, 3.05) is 16.0 Å². The summed E-state index contributed by atoms with van der Waals surface area (Å²) in [5.74, 6) is -1.24. The SMILES string of the molecule is CC(=O)Nc1cc(C(=O)Nc2cc(C(=O)Nc3cc(/C=C/C(=O)n4ccnc4)n(C)c3)n(C)c2)n(C)c1. The molecule has 4 aromatic heterocycles. The zero-order chi connectivity index (χ0) is 26.7. The molecule has 0 spiro atoms. The van der Waals surface area contributed by atoms with Gasteiger partial charge in [-0.2, -0.15) is 0 Å². The van der Waals surface area contributed by atoms with Crippen molar-refractivity contribution in [3.8, 4) is 0 Å². The molecule has 3 N–H and O–H groups in total. The third-order valence-corrected chi connectivity index (χ3v) is 5.51. The summed E-state index contributed by atoms with van der Waals surface area (Å²) in [4.78, 5) is 52.9. The van der Waals surface area contributed by atoms with Gasteiger partial charge in [0.05, 0.1) is 17.1 Å². The van der Waals surface area contributed by atoms with Crippen LogP contribution in [0.5, 0.6) is 0 Å². The Morgan fingerprint density at radius 1 is 0.784 bits per heavy atom. The number of aryl methyl sites for hydroxylation is 3. The van der Waals surface area contributed by atoms with Crippen molar-refractivity contribution < 1.29 is 19.2 Å². The van der Waals surface area contributed by atoms with Gasteiger partial charge in [-0.05, 0) is 24.3 Å². The topological polar surface area (TPSA) is 137 Å². The first-order valence-electron chi connectivity index (χ1n) is 11.2. The van der Waals surface area contributed by atoms with Gasteiger partial charge >= 0.3 is 0 Å². The smallest absolute Gasteiger partial charge is 0.272 e. The van der Waals surface area contributed by atoms with Crippen LogP contribution in [0, 0.1) is 0 Å². The Hall–Kier alpha value is -5.13. The van der Waals surface area contributed by atoms with Crippen molar-refractivity contribution in [1.82, 2.24) is 23.3 Å². The first kappa shape index (κ1) is 25.0. The Morgan fingerprint density at radius 2 is 1.32 bits per heavy atom. The van der Waals surface area contributed by atoms with Gasteiger partial charge in [-0.3, -0.25) is 23.7 Å². The van der Waals surface area contributed by atoms with Gasteiger partial charge in [-0.15, -0.1) is 0 Å². The molecule has 190 valence electrons. The molecule has 4 aromatic rings. The average molecular weight is 503 g/mol. The predicted octanol–water partition coefficient (Wildman–Crippen LogP) is 2.72. The summed E-state index contributed by atoms with van der Waals surface area (Å²) in [6.07, 6.45) is 12.6. The number of nitrogens with one attached hydrogen (secondary N) is 3. The van der Waals surface area contributed by atoms with E-state index in [9.17, 15) is 19.2 Å². The molecule has 4 heterocycles. The maximum Gasteiger partial charge on any atom is 0.272 e. The first-order valence-corrected chi connectivity index (χ1v) is 11.2. The van der Waals surface area contributed by atoms with Gasteiger partial charge in [-0.1, -0.05) is 0 Å². The monoisotopic (exact) mass is 502 g/mol. The highest BCUT2D eigenvalue weighted by Crippen LogP contribution is 2.20. The molecule has 0 atom stereocenters. The van der Waals surface area contributed by atoms with E-state index < -0.39 is 0 Å². The second kappa shape index (κ2) is 10.2. The summed E-state index contributed by atoms with van der Waals surface area (Å²) in [6.45, 7) is 1.39. The Bertz CT molecular complexity index is 1520. The third-order valence-electron chi connectivity index (χ3n) is 5.51. The summed E-state index contributed by atoms with van der Waals surface area (Å²) in [7, 11) is 5.19. The highest BCUT2D eigenvalue weighted by atomic mass is 16.2.